The average Bonchev–Trinajstić information content (AvgIpc) is 2.36. The molecule has 2 amide bonds. The number of ether oxygens (including phenoxy) is 1. The zero-order valence-corrected chi connectivity index (χ0v) is 13.5. The molecule has 0 aliphatic rings. The van der Waals surface area contributed by atoms with Gasteiger partial charge in [0.05, 0.1) is 0 Å². The van der Waals surface area contributed by atoms with E-state index >= 15 is 0 Å². The second-order valence-electron chi connectivity index (χ2n) is 6.11. The zero-order chi connectivity index (χ0) is 16.8. The smallest absolute Gasteiger partial charge is 0.410 e. The topological polar surface area (TPSA) is 78.9 Å². The summed E-state index contributed by atoms with van der Waals surface area (Å²) in [5, 5.41) is 12.1. The van der Waals surface area contributed by atoms with Crippen LogP contribution in [0.1, 0.15) is 26.3 Å². The van der Waals surface area contributed by atoms with E-state index in [-0.39, 0.29) is 18.2 Å². The molecular formula is C16H24N2O4. The molecule has 0 radical (unpaired) electrons. The summed E-state index contributed by atoms with van der Waals surface area (Å²) in [6, 6.07) is 6.87. The summed E-state index contributed by atoms with van der Waals surface area (Å²) in [6.07, 6.45) is 0.0756. The summed E-state index contributed by atoms with van der Waals surface area (Å²) in [5.74, 6) is -0.0537. The molecular weight excluding hydrogens is 284 g/mol. The monoisotopic (exact) mass is 308 g/mol. The van der Waals surface area contributed by atoms with E-state index in [1.54, 1.807) is 39.0 Å². The second kappa shape index (κ2) is 7.68. The number of nitrogens with one attached hydrogen (secondary N) is 1. The third-order valence-corrected chi connectivity index (χ3v) is 2.73. The molecule has 1 rings (SSSR count). The van der Waals surface area contributed by atoms with Gasteiger partial charge in [0.2, 0.25) is 5.91 Å². The molecule has 0 bridgehead atoms. The number of benzene rings is 1. The van der Waals surface area contributed by atoms with E-state index in [1.807, 2.05) is 6.07 Å². The highest BCUT2D eigenvalue weighted by Gasteiger charge is 2.20. The number of likely N-dealkylation sites (N-methyl/N-ethyl adjacent to an activating group) is 1. The van der Waals surface area contributed by atoms with Crippen molar-refractivity contribution in [2.45, 2.75) is 32.8 Å². The first kappa shape index (κ1) is 17.8. The lowest BCUT2D eigenvalue weighted by molar-refractivity contribution is -0.121. The summed E-state index contributed by atoms with van der Waals surface area (Å²) in [6.45, 7) is 5.69. The third kappa shape index (κ3) is 6.97. The lowest BCUT2D eigenvalue weighted by atomic mass is 10.1. The molecule has 0 heterocycles. The van der Waals surface area contributed by atoms with Gasteiger partial charge in [0.1, 0.15) is 17.9 Å². The maximum absolute atomic E-state index is 11.8. The van der Waals surface area contributed by atoms with Crippen LogP contribution >= 0.6 is 0 Å². The normalized spacial score (nSPS) is 10.9. The van der Waals surface area contributed by atoms with Gasteiger partial charge in [-0.25, -0.2) is 4.79 Å². The van der Waals surface area contributed by atoms with Crippen molar-refractivity contribution >= 4 is 12.0 Å². The zero-order valence-electron chi connectivity index (χ0n) is 13.5. The summed E-state index contributed by atoms with van der Waals surface area (Å²) in [5.41, 5.74) is 0.345. The van der Waals surface area contributed by atoms with Crippen LogP contribution in [0.3, 0.4) is 0 Å². The molecule has 1 aromatic carbocycles. The van der Waals surface area contributed by atoms with Gasteiger partial charge in [-0.2, -0.15) is 0 Å². The van der Waals surface area contributed by atoms with E-state index in [9.17, 15) is 14.7 Å². The molecule has 0 aliphatic carbocycles. The molecule has 0 saturated carbocycles. The second-order valence-corrected chi connectivity index (χ2v) is 6.11. The number of hydrogen-bond acceptors (Lipinski definition) is 4. The highest BCUT2D eigenvalue weighted by Crippen LogP contribution is 2.11. The summed E-state index contributed by atoms with van der Waals surface area (Å²) >= 11 is 0. The van der Waals surface area contributed by atoms with Crippen LogP contribution < -0.4 is 5.32 Å². The van der Waals surface area contributed by atoms with Gasteiger partial charge in [0, 0.05) is 13.6 Å². The Balaban J connectivity index is 2.32. The summed E-state index contributed by atoms with van der Waals surface area (Å²) < 4.78 is 5.17. The number of hydrogen-bond donors (Lipinski definition) is 2. The maximum Gasteiger partial charge on any atom is 0.410 e. The summed E-state index contributed by atoms with van der Waals surface area (Å²) in [7, 11) is 1.52. The van der Waals surface area contributed by atoms with E-state index in [0.29, 0.717) is 13.0 Å². The quantitative estimate of drug-likeness (QED) is 0.871. The Bertz CT molecular complexity index is 523. The van der Waals surface area contributed by atoms with Gasteiger partial charge < -0.3 is 20.1 Å². The van der Waals surface area contributed by atoms with Crippen molar-refractivity contribution in [1.82, 2.24) is 10.2 Å². The largest absolute Gasteiger partial charge is 0.508 e. The van der Waals surface area contributed by atoms with Gasteiger partial charge in [-0.1, -0.05) is 12.1 Å². The molecule has 0 fully saturated rings. The minimum Gasteiger partial charge on any atom is -0.508 e. The highest BCUT2D eigenvalue weighted by molar-refractivity contribution is 5.82. The van der Waals surface area contributed by atoms with Gasteiger partial charge in [-0.3, -0.25) is 4.79 Å². The van der Waals surface area contributed by atoms with Crippen LogP contribution in [0.25, 0.3) is 0 Å². The van der Waals surface area contributed by atoms with Crippen LogP contribution in [-0.2, 0) is 16.0 Å². The number of carbonyl (C=O) groups excluding carboxylic acids is 2. The van der Waals surface area contributed by atoms with E-state index in [2.05, 4.69) is 5.32 Å². The van der Waals surface area contributed by atoms with Gasteiger partial charge in [-0.05, 0) is 44.9 Å². The van der Waals surface area contributed by atoms with Crippen LogP contribution in [-0.4, -0.2) is 47.7 Å². The molecule has 0 spiro atoms. The van der Waals surface area contributed by atoms with Crippen LogP contribution in [0.4, 0.5) is 4.79 Å². The van der Waals surface area contributed by atoms with Gasteiger partial charge in [-0.15, -0.1) is 0 Å². The molecule has 22 heavy (non-hydrogen) atoms. The van der Waals surface area contributed by atoms with Crippen LogP contribution in [0.15, 0.2) is 24.3 Å². The Kier molecular flexibility index (Phi) is 6.22. The van der Waals surface area contributed by atoms with Crippen LogP contribution in [0, 0.1) is 0 Å². The molecule has 0 atom stereocenters. The minimum atomic E-state index is -0.586. The number of amides is 2. The summed E-state index contributed by atoms with van der Waals surface area (Å²) in [4.78, 5) is 24.7. The van der Waals surface area contributed by atoms with E-state index in [1.165, 1.54) is 11.9 Å². The Labute approximate surface area is 131 Å². The molecule has 6 heteroatoms. The van der Waals surface area contributed by atoms with Crippen LogP contribution in [0.2, 0.25) is 0 Å². The lowest BCUT2D eigenvalue weighted by Crippen LogP contribution is -2.41. The number of aromatic hydroxyl groups is 1. The van der Waals surface area contributed by atoms with Gasteiger partial charge in [0.25, 0.3) is 0 Å². The van der Waals surface area contributed by atoms with Crippen molar-refractivity contribution < 1.29 is 19.4 Å². The van der Waals surface area contributed by atoms with Crippen molar-refractivity contribution in [2.75, 3.05) is 20.1 Å². The Morgan fingerprint density at radius 3 is 2.59 bits per heavy atom. The fraction of sp³-hybridized carbons (Fsp3) is 0.500. The predicted octanol–water partition coefficient (Wildman–Crippen LogP) is 1.92. The number of phenolic OH excluding ortho intramolecular Hbond substituents is 1. The van der Waals surface area contributed by atoms with Crippen molar-refractivity contribution in [3.05, 3.63) is 29.8 Å². The molecule has 6 nitrogen and oxygen atoms in total. The molecule has 1 aromatic rings. The molecule has 0 saturated heterocycles. The molecule has 0 aromatic heterocycles. The Morgan fingerprint density at radius 1 is 1.32 bits per heavy atom. The maximum atomic E-state index is 11.8. The third-order valence-electron chi connectivity index (χ3n) is 2.73. The van der Waals surface area contributed by atoms with Gasteiger partial charge >= 0.3 is 6.09 Å². The van der Waals surface area contributed by atoms with E-state index in [0.717, 1.165) is 5.56 Å². The van der Waals surface area contributed by atoms with E-state index in [4.69, 9.17) is 4.74 Å². The molecule has 0 unspecified atom stereocenters. The van der Waals surface area contributed by atoms with E-state index < -0.39 is 11.7 Å². The Morgan fingerprint density at radius 2 is 2.00 bits per heavy atom. The highest BCUT2D eigenvalue weighted by atomic mass is 16.6. The first-order chi connectivity index (χ1) is 10.2. The number of nitrogens with zero attached hydrogens (tertiary/aromatic N) is 1. The van der Waals surface area contributed by atoms with Crippen molar-refractivity contribution in [3.8, 4) is 5.75 Å². The van der Waals surface area contributed by atoms with Crippen molar-refractivity contribution in [1.29, 1.82) is 0 Å². The van der Waals surface area contributed by atoms with Crippen molar-refractivity contribution in [2.24, 2.45) is 0 Å². The van der Waals surface area contributed by atoms with Crippen LogP contribution in [0.5, 0.6) is 5.75 Å². The lowest BCUT2D eigenvalue weighted by Gasteiger charge is -2.24. The fourth-order valence-corrected chi connectivity index (χ4v) is 1.73. The number of rotatable bonds is 5. The first-order valence-corrected chi connectivity index (χ1v) is 7.16. The van der Waals surface area contributed by atoms with Crippen molar-refractivity contribution in [3.63, 3.8) is 0 Å². The SMILES string of the molecule is CN(CC(=O)NCCc1cccc(O)c1)C(=O)OC(C)(C)C. The Hall–Kier alpha value is -2.24. The molecule has 0 aliphatic heterocycles. The number of phenols is 1. The fourth-order valence-electron chi connectivity index (χ4n) is 1.73. The molecule has 2 N–H and O–H groups in total. The standard InChI is InChI=1S/C16H24N2O4/c1-16(2,3)22-15(21)18(4)11-14(20)17-9-8-12-6-5-7-13(19)10-12/h5-7,10,19H,8-9,11H2,1-4H3,(H,17,20). The first-order valence-electron chi connectivity index (χ1n) is 7.16. The minimum absolute atomic E-state index is 0.0606. The van der Waals surface area contributed by atoms with Gasteiger partial charge in [0.15, 0.2) is 0 Å². The molecule has 122 valence electrons. The average molecular weight is 308 g/mol. The number of carbonyl (C=O) groups is 2. The predicted molar refractivity (Wildman–Crippen MR) is 83.7 cm³/mol.